The Balaban J connectivity index is 1.53. The van der Waals surface area contributed by atoms with Gasteiger partial charge in [0.1, 0.15) is 0 Å². The maximum Gasteiger partial charge on any atom is 0.0729 e. The first-order valence-corrected chi connectivity index (χ1v) is 10.4. The molecule has 4 aromatic rings. The maximum absolute atomic E-state index is 11.3. The Morgan fingerprint density at radius 2 is 0.967 bits per heavy atom. The highest BCUT2D eigenvalue weighted by Crippen LogP contribution is 2.53. The predicted molar refractivity (Wildman–Crippen MR) is 119 cm³/mol. The highest BCUT2D eigenvalue weighted by atomic mass is 16.3. The van der Waals surface area contributed by atoms with Gasteiger partial charge >= 0.3 is 0 Å². The van der Waals surface area contributed by atoms with E-state index < -0.39 is 12.2 Å². The van der Waals surface area contributed by atoms with Crippen LogP contribution < -0.4 is 0 Å². The second-order valence-corrected chi connectivity index (χ2v) is 8.25. The first kappa shape index (κ1) is 18.9. The summed E-state index contributed by atoms with van der Waals surface area (Å²) in [7, 11) is 0. The van der Waals surface area contributed by atoms with E-state index in [1.54, 1.807) is 0 Å². The lowest BCUT2D eigenvalue weighted by Gasteiger charge is -2.47. The molecule has 4 heteroatoms. The number of rotatable bonds is 4. The Morgan fingerprint density at radius 1 is 0.600 bits per heavy atom. The van der Waals surface area contributed by atoms with Gasteiger partial charge in [-0.25, -0.2) is 0 Å². The molecule has 1 saturated carbocycles. The average molecular weight is 399 g/mol. The van der Waals surface area contributed by atoms with Gasteiger partial charge in [-0.3, -0.25) is 0 Å². The van der Waals surface area contributed by atoms with Crippen molar-refractivity contribution in [3.63, 3.8) is 0 Å². The monoisotopic (exact) mass is 398 g/mol. The summed E-state index contributed by atoms with van der Waals surface area (Å²) in [6.45, 7) is 4.01. The van der Waals surface area contributed by atoms with Gasteiger partial charge in [0.05, 0.1) is 12.2 Å². The number of aliphatic hydroxyl groups excluding tert-OH is 2. The fourth-order valence-corrected chi connectivity index (χ4v) is 5.04. The summed E-state index contributed by atoms with van der Waals surface area (Å²) >= 11 is 0. The first-order chi connectivity index (χ1) is 14.6. The molecule has 0 spiro atoms. The van der Waals surface area contributed by atoms with E-state index in [4.69, 9.17) is 0 Å². The van der Waals surface area contributed by atoms with Gasteiger partial charge in [0.2, 0.25) is 0 Å². The minimum atomic E-state index is -0.658. The Hall–Kier alpha value is -3.08. The highest BCUT2D eigenvalue weighted by molar-refractivity contribution is 5.72. The van der Waals surface area contributed by atoms with Crippen LogP contribution in [-0.2, 0) is 0 Å². The molecule has 4 N–H and O–H groups in total. The van der Waals surface area contributed by atoms with Crippen LogP contribution in [0.2, 0.25) is 0 Å². The van der Waals surface area contributed by atoms with Crippen LogP contribution in [0.4, 0.5) is 0 Å². The summed E-state index contributed by atoms with van der Waals surface area (Å²) in [5, 5.41) is 22.6. The summed E-state index contributed by atoms with van der Waals surface area (Å²) in [5.41, 5.74) is 8.25. The van der Waals surface area contributed by atoms with Crippen LogP contribution in [0.25, 0.3) is 22.3 Å². The zero-order valence-electron chi connectivity index (χ0n) is 17.1. The molecule has 1 fully saturated rings. The van der Waals surface area contributed by atoms with Gasteiger partial charge in [-0.2, -0.15) is 0 Å². The van der Waals surface area contributed by atoms with Gasteiger partial charge in [-0.1, -0.05) is 60.7 Å². The van der Waals surface area contributed by atoms with Gasteiger partial charge in [-0.15, -0.1) is 0 Å². The average Bonchev–Trinajstić information content (AvgIpc) is 3.33. The van der Waals surface area contributed by atoms with E-state index in [1.165, 1.54) is 0 Å². The number of hydrogen-bond donors (Lipinski definition) is 4. The molecule has 0 radical (unpaired) electrons. The standard InChI is InChI=1S/C26H26N2O2/c1-15-21(19(13-27-15)17-9-5-3-6-10-17)23-25(29)24(26(23)30)22-16(2)28-14-20(22)18-11-7-4-8-12-18/h3-14,23-30H,1-2H3. The van der Waals surface area contributed by atoms with Crippen LogP contribution in [0, 0.1) is 13.8 Å². The molecule has 5 rings (SSSR count). The number of aliphatic hydroxyl groups is 2. The van der Waals surface area contributed by atoms with E-state index in [0.29, 0.717) is 0 Å². The molecule has 2 heterocycles. The van der Waals surface area contributed by atoms with Crippen molar-refractivity contribution < 1.29 is 10.2 Å². The summed E-state index contributed by atoms with van der Waals surface area (Å²) in [6, 6.07) is 20.3. The third kappa shape index (κ3) is 2.83. The van der Waals surface area contributed by atoms with Gasteiger partial charge < -0.3 is 20.2 Å². The van der Waals surface area contributed by atoms with Gasteiger partial charge in [-0.05, 0) is 36.1 Å². The molecule has 0 aliphatic heterocycles. The fourth-order valence-electron chi connectivity index (χ4n) is 5.04. The normalized spacial score (nSPS) is 23.3. The van der Waals surface area contributed by atoms with E-state index in [-0.39, 0.29) is 11.8 Å². The topological polar surface area (TPSA) is 72.0 Å². The second-order valence-electron chi connectivity index (χ2n) is 8.25. The largest absolute Gasteiger partial charge is 0.392 e. The molecule has 152 valence electrons. The lowest BCUT2D eigenvalue weighted by molar-refractivity contribution is -0.0785. The summed E-state index contributed by atoms with van der Waals surface area (Å²) in [4.78, 5) is 6.59. The van der Waals surface area contributed by atoms with Crippen LogP contribution in [0.3, 0.4) is 0 Å². The van der Waals surface area contributed by atoms with E-state index in [2.05, 4.69) is 34.2 Å². The molecule has 0 bridgehead atoms. The minimum absolute atomic E-state index is 0.325. The fraction of sp³-hybridized carbons (Fsp3) is 0.231. The molecule has 1 aliphatic rings. The number of aryl methyl sites for hydroxylation is 2. The minimum Gasteiger partial charge on any atom is -0.392 e. The quantitative estimate of drug-likeness (QED) is 0.395. The Bertz CT molecular complexity index is 1060. The summed E-state index contributed by atoms with van der Waals surface area (Å²) in [6.07, 6.45) is 2.63. The predicted octanol–water partition coefficient (Wildman–Crippen LogP) is 4.90. The number of H-pyrrole nitrogens is 2. The molecular weight excluding hydrogens is 372 g/mol. The number of aromatic amines is 2. The summed E-state index contributed by atoms with van der Waals surface area (Å²) < 4.78 is 0. The maximum atomic E-state index is 11.3. The van der Waals surface area contributed by atoms with Crippen molar-refractivity contribution in [2.45, 2.75) is 37.9 Å². The van der Waals surface area contributed by atoms with Crippen LogP contribution in [-0.4, -0.2) is 32.4 Å². The molecule has 0 saturated heterocycles. The zero-order chi connectivity index (χ0) is 20.8. The van der Waals surface area contributed by atoms with Crippen LogP contribution in [0.5, 0.6) is 0 Å². The molecule has 2 aromatic heterocycles. The van der Waals surface area contributed by atoms with E-state index in [1.807, 2.05) is 62.6 Å². The lowest BCUT2D eigenvalue weighted by atomic mass is 9.61. The number of aromatic nitrogens is 2. The van der Waals surface area contributed by atoms with Crippen LogP contribution in [0.15, 0.2) is 73.1 Å². The summed E-state index contributed by atoms with van der Waals surface area (Å²) in [5.74, 6) is -0.649. The molecule has 0 unspecified atom stereocenters. The third-order valence-electron chi connectivity index (χ3n) is 6.56. The Kier molecular flexibility index (Phi) is 4.61. The molecule has 0 atom stereocenters. The third-order valence-corrected chi connectivity index (χ3v) is 6.56. The Labute approximate surface area is 176 Å². The van der Waals surface area contributed by atoms with Gasteiger partial charge in [0, 0.05) is 46.7 Å². The number of benzene rings is 2. The van der Waals surface area contributed by atoms with Crippen molar-refractivity contribution >= 4 is 0 Å². The van der Waals surface area contributed by atoms with Crippen molar-refractivity contribution in [1.82, 2.24) is 9.97 Å². The lowest BCUT2D eigenvalue weighted by Crippen LogP contribution is -2.52. The van der Waals surface area contributed by atoms with E-state index in [0.717, 1.165) is 44.8 Å². The number of nitrogens with one attached hydrogen (secondary N) is 2. The van der Waals surface area contributed by atoms with Crippen LogP contribution in [0.1, 0.15) is 34.4 Å². The van der Waals surface area contributed by atoms with Gasteiger partial charge in [0.15, 0.2) is 0 Å². The smallest absolute Gasteiger partial charge is 0.0729 e. The molecule has 30 heavy (non-hydrogen) atoms. The molecular formula is C26H26N2O2. The van der Waals surface area contributed by atoms with E-state index >= 15 is 0 Å². The second kappa shape index (κ2) is 7.31. The Morgan fingerprint density at radius 3 is 1.33 bits per heavy atom. The van der Waals surface area contributed by atoms with Crippen molar-refractivity contribution in [3.05, 3.63) is 95.6 Å². The molecule has 1 aliphatic carbocycles. The zero-order valence-corrected chi connectivity index (χ0v) is 17.1. The van der Waals surface area contributed by atoms with Crippen molar-refractivity contribution in [1.29, 1.82) is 0 Å². The number of hydrogen-bond acceptors (Lipinski definition) is 2. The van der Waals surface area contributed by atoms with Crippen molar-refractivity contribution in [2.24, 2.45) is 0 Å². The van der Waals surface area contributed by atoms with Crippen LogP contribution >= 0.6 is 0 Å². The molecule has 4 nitrogen and oxygen atoms in total. The van der Waals surface area contributed by atoms with Crippen molar-refractivity contribution in [2.75, 3.05) is 0 Å². The van der Waals surface area contributed by atoms with Gasteiger partial charge in [0.25, 0.3) is 0 Å². The van der Waals surface area contributed by atoms with E-state index in [9.17, 15) is 10.2 Å². The molecule has 0 amide bonds. The SMILES string of the molecule is Cc1[nH]cc(-c2ccccc2)c1C1C(O)C(c2c(-c3ccccc3)c[nH]c2C)C1O. The first-order valence-electron chi connectivity index (χ1n) is 10.4. The van der Waals surface area contributed by atoms with Crippen molar-refractivity contribution in [3.8, 4) is 22.3 Å². The molecule has 2 aromatic carbocycles. The highest BCUT2D eigenvalue weighted by Gasteiger charge is 2.53.